The maximum absolute atomic E-state index is 10.9. The van der Waals surface area contributed by atoms with Crippen molar-refractivity contribution in [3.8, 4) is 0 Å². The van der Waals surface area contributed by atoms with E-state index in [9.17, 15) is 4.79 Å². The number of hydrogen-bond acceptors (Lipinski definition) is 4. The highest BCUT2D eigenvalue weighted by atomic mass is 16.4. The van der Waals surface area contributed by atoms with Gasteiger partial charge in [-0.05, 0) is 61.7 Å². The van der Waals surface area contributed by atoms with Crippen LogP contribution < -0.4 is 10.2 Å². The lowest BCUT2D eigenvalue weighted by atomic mass is 10.0. The molecular weight excluding hydrogens is 302 g/mol. The molecule has 3 rings (SSSR count). The monoisotopic (exact) mass is 325 g/mol. The van der Waals surface area contributed by atoms with Crippen molar-refractivity contribution in [1.82, 2.24) is 10.3 Å². The fraction of sp³-hybridized carbons (Fsp3) is 0.368. The number of nitrogens with zero attached hydrogens (tertiary/aromatic N) is 2. The van der Waals surface area contributed by atoms with Crippen molar-refractivity contribution < 1.29 is 9.90 Å². The summed E-state index contributed by atoms with van der Waals surface area (Å²) in [5.74, 6) is -0.879. The first-order valence-corrected chi connectivity index (χ1v) is 8.35. The highest BCUT2D eigenvalue weighted by Crippen LogP contribution is 2.21. The maximum atomic E-state index is 10.9. The highest BCUT2D eigenvalue weighted by molar-refractivity contribution is 5.88. The number of carboxylic acid groups (broad SMARTS) is 1. The fourth-order valence-electron chi connectivity index (χ4n) is 3.13. The van der Waals surface area contributed by atoms with Gasteiger partial charge in [0.15, 0.2) is 0 Å². The summed E-state index contributed by atoms with van der Waals surface area (Å²) in [4.78, 5) is 17.5. The summed E-state index contributed by atoms with van der Waals surface area (Å²) in [5, 5.41) is 12.6. The molecular formula is C19H23N3O2. The molecule has 126 valence electrons. The van der Waals surface area contributed by atoms with Crippen molar-refractivity contribution in [3.63, 3.8) is 0 Å². The van der Waals surface area contributed by atoms with Gasteiger partial charge in [0, 0.05) is 43.3 Å². The molecule has 0 bridgehead atoms. The number of carbonyl (C=O) groups is 1. The summed E-state index contributed by atoms with van der Waals surface area (Å²) in [6, 6.07) is 11.8. The van der Waals surface area contributed by atoms with E-state index in [2.05, 4.69) is 27.3 Å². The Bertz CT molecular complexity index is 692. The molecule has 0 saturated carbocycles. The quantitative estimate of drug-likeness (QED) is 0.885. The Morgan fingerprint density at radius 1 is 1.25 bits per heavy atom. The number of benzene rings is 1. The van der Waals surface area contributed by atoms with Crippen LogP contribution in [-0.2, 0) is 6.54 Å². The van der Waals surface area contributed by atoms with Crippen LogP contribution in [0.3, 0.4) is 0 Å². The number of anilines is 1. The van der Waals surface area contributed by atoms with Gasteiger partial charge < -0.3 is 15.3 Å². The number of aryl methyl sites for hydroxylation is 1. The van der Waals surface area contributed by atoms with E-state index < -0.39 is 5.97 Å². The van der Waals surface area contributed by atoms with E-state index in [1.807, 2.05) is 25.3 Å². The summed E-state index contributed by atoms with van der Waals surface area (Å²) in [5.41, 5.74) is 3.76. The van der Waals surface area contributed by atoms with Crippen LogP contribution in [0.5, 0.6) is 0 Å². The predicted molar refractivity (Wildman–Crippen MR) is 94.5 cm³/mol. The normalized spacial score (nSPS) is 15.5. The molecule has 1 aromatic carbocycles. The van der Waals surface area contributed by atoms with Crippen molar-refractivity contribution in [1.29, 1.82) is 0 Å². The topological polar surface area (TPSA) is 65.5 Å². The largest absolute Gasteiger partial charge is 0.478 e. The molecule has 1 saturated heterocycles. The molecule has 5 nitrogen and oxygen atoms in total. The average Bonchev–Trinajstić information content (AvgIpc) is 2.61. The van der Waals surface area contributed by atoms with Gasteiger partial charge in [0.1, 0.15) is 0 Å². The molecule has 1 fully saturated rings. The third-order valence-corrected chi connectivity index (χ3v) is 4.53. The summed E-state index contributed by atoms with van der Waals surface area (Å²) >= 11 is 0. The van der Waals surface area contributed by atoms with Crippen LogP contribution >= 0.6 is 0 Å². The van der Waals surface area contributed by atoms with Crippen LogP contribution in [0.2, 0.25) is 0 Å². The number of pyridine rings is 1. The summed E-state index contributed by atoms with van der Waals surface area (Å²) < 4.78 is 0. The molecule has 2 N–H and O–H groups in total. The maximum Gasteiger partial charge on any atom is 0.335 e. The molecule has 5 heteroatoms. The minimum atomic E-state index is -0.879. The SMILES string of the molecule is Cc1cc(CNC2CCN(c3ccc(C(=O)O)cc3)CC2)ccn1. The number of rotatable bonds is 5. The Balaban J connectivity index is 1.49. The third-order valence-electron chi connectivity index (χ3n) is 4.53. The Kier molecular flexibility index (Phi) is 5.11. The van der Waals surface area contributed by atoms with Gasteiger partial charge in [0.25, 0.3) is 0 Å². The summed E-state index contributed by atoms with van der Waals surface area (Å²) in [6.45, 7) is 4.86. The third kappa shape index (κ3) is 4.11. The van der Waals surface area contributed by atoms with Crippen LogP contribution in [0.1, 0.15) is 34.5 Å². The van der Waals surface area contributed by atoms with E-state index >= 15 is 0 Å². The van der Waals surface area contributed by atoms with E-state index in [0.717, 1.165) is 43.9 Å². The van der Waals surface area contributed by atoms with Gasteiger partial charge in [-0.15, -0.1) is 0 Å². The van der Waals surface area contributed by atoms with Crippen molar-refractivity contribution in [2.75, 3.05) is 18.0 Å². The molecule has 0 atom stereocenters. The number of piperidine rings is 1. The first kappa shape index (κ1) is 16.5. The van der Waals surface area contributed by atoms with E-state index in [1.165, 1.54) is 5.56 Å². The summed E-state index contributed by atoms with van der Waals surface area (Å²) in [6.07, 6.45) is 4.03. The average molecular weight is 325 g/mol. The fourth-order valence-corrected chi connectivity index (χ4v) is 3.13. The second kappa shape index (κ2) is 7.45. The molecule has 0 aliphatic carbocycles. The Hall–Kier alpha value is -2.40. The van der Waals surface area contributed by atoms with E-state index in [4.69, 9.17) is 5.11 Å². The van der Waals surface area contributed by atoms with Gasteiger partial charge in [-0.2, -0.15) is 0 Å². The number of aromatic carboxylic acids is 1. The van der Waals surface area contributed by atoms with E-state index in [1.54, 1.807) is 12.1 Å². The lowest BCUT2D eigenvalue weighted by Crippen LogP contribution is -2.42. The van der Waals surface area contributed by atoms with Gasteiger partial charge in [-0.3, -0.25) is 4.98 Å². The van der Waals surface area contributed by atoms with Crippen LogP contribution in [0, 0.1) is 6.92 Å². The highest BCUT2D eigenvalue weighted by Gasteiger charge is 2.19. The van der Waals surface area contributed by atoms with Gasteiger partial charge >= 0.3 is 5.97 Å². The molecule has 1 aliphatic rings. The Morgan fingerprint density at radius 3 is 2.58 bits per heavy atom. The molecule has 0 spiro atoms. The molecule has 1 aromatic heterocycles. The van der Waals surface area contributed by atoms with Crippen molar-refractivity contribution in [2.24, 2.45) is 0 Å². The van der Waals surface area contributed by atoms with Crippen LogP contribution in [0.4, 0.5) is 5.69 Å². The number of hydrogen-bond donors (Lipinski definition) is 2. The molecule has 0 radical (unpaired) electrons. The second-order valence-corrected chi connectivity index (χ2v) is 6.30. The van der Waals surface area contributed by atoms with Gasteiger partial charge in [-0.25, -0.2) is 4.79 Å². The minimum Gasteiger partial charge on any atom is -0.478 e. The Morgan fingerprint density at radius 2 is 1.96 bits per heavy atom. The predicted octanol–water partition coefficient (Wildman–Crippen LogP) is 2.85. The zero-order valence-corrected chi connectivity index (χ0v) is 13.9. The molecule has 0 unspecified atom stereocenters. The lowest BCUT2D eigenvalue weighted by Gasteiger charge is -2.34. The Labute approximate surface area is 142 Å². The molecule has 1 aliphatic heterocycles. The van der Waals surface area contributed by atoms with Crippen molar-refractivity contribution in [2.45, 2.75) is 32.4 Å². The molecule has 2 aromatic rings. The van der Waals surface area contributed by atoms with Gasteiger partial charge in [0.2, 0.25) is 0 Å². The van der Waals surface area contributed by atoms with Crippen LogP contribution in [-0.4, -0.2) is 35.2 Å². The standard InChI is InChI=1S/C19H23N3O2/c1-14-12-15(6-9-20-14)13-21-17-7-10-22(11-8-17)18-4-2-16(3-5-18)19(23)24/h2-6,9,12,17,21H,7-8,10-11,13H2,1H3,(H,23,24). The van der Waals surface area contributed by atoms with Gasteiger partial charge in [-0.1, -0.05) is 0 Å². The number of nitrogens with one attached hydrogen (secondary N) is 1. The van der Waals surface area contributed by atoms with Crippen molar-refractivity contribution >= 4 is 11.7 Å². The second-order valence-electron chi connectivity index (χ2n) is 6.30. The van der Waals surface area contributed by atoms with Crippen molar-refractivity contribution in [3.05, 3.63) is 59.4 Å². The van der Waals surface area contributed by atoms with Crippen LogP contribution in [0.25, 0.3) is 0 Å². The van der Waals surface area contributed by atoms with Crippen LogP contribution in [0.15, 0.2) is 42.6 Å². The summed E-state index contributed by atoms with van der Waals surface area (Å²) in [7, 11) is 0. The smallest absolute Gasteiger partial charge is 0.335 e. The number of carboxylic acids is 1. The van der Waals surface area contributed by atoms with Gasteiger partial charge in [0.05, 0.1) is 5.56 Å². The zero-order valence-electron chi connectivity index (χ0n) is 13.9. The molecule has 0 amide bonds. The molecule has 24 heavy (non-hydrogen) atoms. The lowest BCUT2D eigenvalue weighted by molar-refractivity contribution is 0.0697. The number of aromatic nitrogens is 1. The first-order chi connectivity index (χ1) is 11.6. The zero-order chi connectivity index (χ0) is 16.9. The first-order valence-electron chi connectivity index (χ1n) is 8.35. The van der Waals surface area contributed by atoms with E-state index in [-0.39, 0.29) is 0 Å². The minimum absolute atomic E-state index is 0.336. The van der Waals surface area contributed by atoms with E-state index in [0.29, 0.717) is 11.6 Å². The molecule has 2 heterocycles.